The first kappa shape index (κ1) is 13.1. The molecule has 0 saturated carbocycles. The van der Waals surface area contributed by atoms with Gasteiger partial charge in [-0.05, 0) is 6.92 Å². The summed E-state index contributed by atoms with van der Waals surface area (Å²) in [4.78, 5) is 10.5. The first-order valence-corrected chi connectivity index (χ1v) is 4.68. The third-order valence-corrected chi connectivity index (χ3v) is 1.85. The fourth-order valence-electron chi connectivity index (χ4n) is 1.09. The van der Waals surface area contributed by atoms with Crippen molar-refractivity contribution in [1.29, 1.82) is 0 Å². The smallest absolute Gasteiger partial charge is 0.345 e. The molecule has 1 rings (SSSR count). The van der Waals surface area contributed by atoms with E-state index in [-0.39, 0.29) is 23.7 Å². The molecule has 7 heteroatoms. The van der Waals surface area contributed by atoms with Crippen molar-refractivity contribution in [3.05, 3.63) is 17.0 Å². The molecule has 0 saturated heterocycles. The number of aromatic amines is 1. The second-order valence-electron chi connectivity index (χ2n) is 3.28. The monoisotopic (exact) mass is 245 g/mol. The van der Waals surface area contributed by atoms with E-state index in [0.29, 0.717) is 0 Å². The average molecular weight is 245 g/mol. The molecule has 0 fully saturated rings. The number of alkyl halides is 3. The minimum atomic E-state index is -4.54. The molecule has 92 valence electrons. The molecular formula is C10H10F3N3O. The van der Waals surface area contributed by atoms with E-state index in [1.807, 2.05) is 0 Å². The van der Waals surface area contributed by atoms with Crippen molar-refractivity contribution in [2.75, 3.05) is 6.54 Å². The van der Waals surface area contributed by atoms with Crippen LogP contribution in [0.25, 0.3) is 0 Å². The molecule has 0 aromatic carbocycles. The molecule has 4 nitrogen and oxygen atoms in total. The van der Waals surface area contributed by atoms with Crippen LogP contribution in [0.3, 0.4) is 0 Å². The molecule has 0 spiro atoms. The van der Waals surface area contributed by atoms with Gasteiger partial charge in [-0.3, -0.25) is 9.89 Å². The van der Waals surface area contributed by atoms with Crippen molar-refractivity contribution in [1.82, 2.24) is 15.5 Å². The highest BCUT2D eigenvalue weighted by Gasteiger charge is 2.37. The molecule has 2 N–H and O–H groups in total. The van der Waals surface area contributed by atoms with E-state index < -0.39 is 11.9 Å². The Kier molecular flexibility index (Phi) is 3.78. The Bertz CT molecular complexity index is 479. The topological polar surface area (TPSA) is 57.8 Å². The van der Waals surface area contributed by atoms with Gasteiger partial charge in [0.1, 0.15) is 0 Å². The SMILES string of the molecule is CC(=O)NCC#Cc1c(C(F)(F)F)n[nH]c1C. The lowest BCUT2D eigenvalue weighted by molar-refractivity contribution is -0.141. The summed E-state index contributed by atoms with van der Waals surface area (Å²) in [7, 11) is 0. The second-order valence-corrected chi connectivity index (χ2v) is 3.28. The quantitative estimate of drug-likeness (QED) is 0.731. The van der Waals surface area contributed by atoms with E-state index in [4.69, 9.17) is 0 Å². The summed E-state index contributed by atoms with van der Waals surface area (Å²) in [6, 6.07) is 0. The number of amides is 1. The third kappa shape index (κ3) is 3.52. The Morgan fingerprint density at radius 1 is 1.53 bits per heavy atom. The lowest BCUT2D eigenvalue weighted by atomic mass is 10.2. The summed E-state index contributed by atoms with van der Waals surface area (Å²) in [6.45, 7) is 2.74. The fourth-order valence-corrected chi connectivity index (χ4v) is 1.09. The molecule has 1 amide bonds. The summed E-state index contributed by atoms with van der Waals surface area (Å²) in [5.74, 6) is 4.48. The fraction of sp³-hybridized carbons (Fsp3) is 0.400. The van der Waals surface area contributed by atoms with Gasteiger partial charge < -0.3 is 5.32 Å². The summed E-state index contributed by atoms with van der Waals surface area (Å²) in [6.07, 6.45) is -4.54. The van der Waals surface area contributed by atoms with Gasteiger partial charge in [0.15, 0.2) is 5.69 Å². The number of halogens is 3. The van der Waals surface area contributed by atoms with Gasteiger partial charge in [-0.15, -0.1) is 0 Å². The Morgan fingerprint density at radius 3 is 2.71 bits per heavy atom. The van der Waals surface area contributed by atoms with Crippen LogP contribution in [0.5, 0.6) is 0 Å². The van der Waals surface area contributed by atoms with Gasteiger partial charge in [-0.25, -0.2) is 0 Å². The molecule has 1 heterocycles. The summed E-state index contributed by atoms with van der Waals surface area (Å²) < 4.78 is 37.4. The number of aryl methyl sites for hydroxylation is 1. The highest BCUT2D eigenvalue weighted by atomic mass is 19.4. The molecule has 1 aromatic heterocycles. The predicted molar refractivity (Wildman–Crippen MR) is 53.9 cm³/mol. The van der Waals surface area contributed by atoms with Gasteiger partial charge in [0.2, 0.25) is 5.91 Å². The molecule has 1 aromatic rings. The Hall–Kier alpha value is -1.97. The van der Waals surface area contributed by atoms with Gasteiger partial charge in [0.05, 0.1) is 12.1 Å². The van der Waals surface area contributed by atoms with Crippen LogP contribution < -0.4 is 5.32 Å². The highest BCUT2D eigenvalue weighted by Crippen LogP contribution is 2.30. The van der Waals surface area contributed by atoms with Crippen molar-refractivity contribution in [2.45, 2.75) is 20.0 Å². The molecule has 0 aliphatic heterocycles. The Labute approximate surface area is 95.6 Å². The van der Waals surface area contributed by atoms with Gasteiger partial charge in [-0.2, -0.15) is 18.3 Å². The molecule has 0 aliphatic rings. The number of carbonyl (C=O) groups is 1. The van der Waals surface area contributed by atoms with Crippen molar-refractivity contribution in [2.24, 2.45) is 0 Å². The number of nitrogens with one attached hydrogen (secondary N) is 2. The molecule has 0 unspecified atom stereocenters. The van der Waals surface area contributed by atoms with E-state index in [1.165, 1.54) is 13.8 Å². The average Bonchev–Trinajstić information content (AvgIpc) is 2.54. The largest absolute Gasteiger partial charge is 0.436 e. The minimum Gasteiger partial charge on any atom is -0.345 e. The summed E-state index contributed by atoms with van der Waals surface area (Å²) >= 11 is 0. The number of rotatable bonds is 1. The number of hydrogen-bond donors (Lipinski definition) is 2. The lowest BCUT2D eigenvalue weighted by Gasteiger charge is -2.01. The second kappa shape index (κ2) is 4.91. The van der Waals surface area contributed by atoms with Gasteiger partial charge >= 0.3 is 6.18 Å². The zero-order valence-electron chi connectivity index (χ0n) is 9.20. The van der Waals surface area contributed by atoms with E-state index in [1.54, 1.807) is 0 Å². The summed E-state index contributed by atoms with van der Waals surface area (Å²) in [5.41, 5.74) is -0.985. The molecule has 17 heavy (non-hydrogen) atoms. The zero-order valence-corrected chi connectivity index (χ0v) is 9.20. The van der Waals surface area contributed by atoms with E-state index in [9.17, 15) is 18.0 Å². The predicted octanol–water partition coefficient (Wildman–Crippen LogP) is 1.22. The Morgan fingerprint density at radius 2 is 2.18 bits per heavy atom. The van der Waals surface area contributed by atoms with Crippen LogP contribution >= 0.6 is 0 Å². The highest BCUT2D eigenvalue weighted by molar-refractivity contribution is 5.73. The molecule has 0 aliphatic carbocycles. The first-order chi connectivity index (χ1) is 7.82. The maximum atomic E-state index is 12.5. The number of hydrogen-bond acceptors (Lipinski definition) is 2. The number of H-pyrrole nitrogens is 1. The normalized spacial score (nSPS) is 10.6. The zero-order chi connectivity index (χ0) is 13.1. The maximum absolute atomic E-state index is 12.5. The molecule has 0 bridgehead atoms. The Balaban J connectivity index is 2.90. The number of aromatic nitrogens is 2. The molecular weight excluding hydrogens is 235 g/mol. The van der Waals surface area contributed by atoms with Crippen LogP contribution in [-0.4, -0.2) is 22.6 Å². The maximum Gasteiger partial charge on any atom is 0.436 e. The number of carbonyl (C=O) groups excluding carboxylic acids is 1. The van der Waals surface area contributed by atoms with Crippen LogP contribution in [0.4, 0.5) is 13.2 Å². The minimum absolute atomic E-state index is 0.00273. The summed E-state index contributed by atoms with van der Waals surface area (Å²) in [5, 5.41) is 7.76. The molecule has 0 atom stereocenters. The van der Waals surface area contributed by atoms with Crippen molar-refractivity contribution < 1.29 is 18.0 Å². The van der Waals surface area contributed by atoms with E-state index >= 15 is 0 Å². The van der Waals surface area contributed by atoms with Gasteiger partial charge in [0.25, 0.3) is 0 Å². The standard InChI is InChI=1S/C10H10F3N3O/c1-6-8(4-3-5-14-7(2)17)9(16-15-6)10(11,12)13/h5H2,1-2H3,(H,14,17)(H,15,16). The van der Waals surface area contributed by atoms with Gasteiger partial charge in [0, 0.05) is 12.6 Å². The lowest BCUT2D eigenvalue weighted by Crippen LogP contribution is -2.19. The van der Waals surface area contributed by atoms with Crippen LogP contribution in [-0.2, 0) is 11.0 Å². The first-order valence-electron chi connectivity index (χ1n) is 4.68. The molecule has 0 radical (unpaired) electrons. The van der Waals surface area contributed by atoms with E-state index in [0.717, 1.165) is 0 Å². The van der Waals surface area contributed by atoms with Crippen LogP contribution in [0, 0.1) is 18.8 Å². The van der Waals surface area contributed by atoms with Crippen LogP contribution in [0.1, 0.15) is 23.9 Å². The van der Waals surface area contributed by atoms with Crippen LogP contribution in [0.15, 0.2) is 0 Å². The van der Waals surface area contributed by atoms with Crippen LogP contribution in [0.2, 0.25) is 0 Å². The van der Waals surface area contributed by atoms with Crippen molar-refractivity contribution in [3.63, 3.8) is 0 Å². The van der Waals surface area contributed by atoms with Gasteiger partial charge in [-0.1, -0.05) is 11.8 Å². The van der Waals surface area contributed by atoms with Crippen molar-refractivity contribution in [3.8, 4) is 11.8 Å². The number of nitrogens with zero attached hydrogens (tertiary/aromatic N) is 1. The van der Waals surface area contributed by atoms with E-state index in [2.05, 4.69) is 27.4 Å². The van der Waals surface area contributed by atoms with Crippen molar-refractivity contribution >= 4 is 5.91 Å². The third-order valence-electron chi connectivity index (χ3n) is 1.85.